The zero-order valence-corrected chi connectivity index (χ0v) is 38.9. The molecule has 0 saturated carbocycles. The predicted molar refractivity (Wildman–Crippen MR) is 285 cm³/mol. The molecule has 3 heterocycles. The van der Waals surface area contributed by atoms with Crippen molar-refractivity contribution in [3.05, 3.63) is 203 Å². The lowest BCUT2D eigenvalue weighted by molar-refractivity contribution is 0.670. The Morgan fingerprint density at radius 1 is 0.338 bits per heavy atom. The van der Waals surface area contributed by atoms with E-state index in [2.05, 4.69) is 181 Å². The van der Waals surface area contributed by atoms with Gasteiger partial charge in [-0.05, 0) is 150 Å². The van der Waals surface area contributed by atoms with Gasteiger partial charge in [0.25, 0.3) is 0 Å². The summed E-state index contributed by atoms with van der Waals surface area (Å²) in [5.74, 6) is 0. The molecule has 10 aromatic carbocycles. The average Bonchev–Trinajstić information content (AvgIpc) is 3.92. The molecule has 13 aromatic rings. The van der Waals surface area contributed by atoms with Crippen molar-refractivity contribution in [2.24, 2.45) is 0 Å². The molecule has 0 fully saturated rings. The fraction of sp³-hybridized carbons (Fsp3) is 0.0938. The Balaban J connectivity index is 1.10. The molecule has 4 heteroatoms. The second-order valence-electron chi connectivity index (χ2n) is 18.9. The van der Waals surface area contributed by atoms with Crippen LogP contribution in [-0.2, 0) is 0 Å². The van der Waals surface area contributed by atoms with E-state index in [1.54, 1.807) is 0 Å². The second kappa shape index (κ2) is 15.1. The van der Waals surface area contributed by atoms with Gasteiger partial charge in [0, 0.05) is 49.0 Å². The molecule has 0 bridgehead atoms. The van der Waals surface area contributed by atoms with Crippen LogP contribution in [0.1, 0.15) is 33.4 Å². The van der Waals surface area contributed by atoms with Gasteiger partial charge in [-0.1, -0.05) is 132 Å². The monoisotopic (exact) mass is 874 g/mol. The van der Waals surface area contributed by atoms with Gasteiger partial charge in [0.15, 0.2) is 0 Å². The number of hydrogen-bond donors (Lipinski definition) is 0. The molecule has 0 spiro atoms. The number of benzene rings is 10. The van der Waals surface area contributed by atoms with E-state index in [1.165, 1.54) is 55.6 Å². The van der Waals surface area contributed by atoms with Gasteiger partial charge in [-0.25, -0.2) is 4.98 Å². The van der Waals surface area contributed by atoms with Crippen LogP contribution in [0, 0.1) is 41.5 Å². The van der Waals surface area contributed by atoms with Gasteiger partial charge >= 0.3 is 0 Å². The summed E-state index contributed by atoms with van der Waals surface area (Å²) >= 11 is 0. The molecule has 324 valence electrons. The van der Waals surface area contributed by atoms with Crippen molar-refractivity contribution in [2.45, 2.75) is 41.5 Å². The highest BCUT2D eigenvalue weighted by atomic mass is 16.3. The van der Waals surface area contributed by atoms with Gasteiger partial charge in [-0.15, -0.1) is 0 Å². The molecule has 0 atom stereocenters. The van der Waals surface area contributed by atoms with E-state index in [0.717, 1.165) is 110 Å². The number of rotatable bonds is 5. The smallest absolute Gasteiger partial charge is 0.143 e. The molecule has 13 rings (SSSR count). The molecule has 3 aromatic heterocycles. The fourth-order valence-corrected chi connectivity index (χ4v) is 11.5. The number of fused-ring (bicyclic) bond motifs is 12. The first-order chi connectivity index (χ1) is 33.1. The van der Waals surface area contributed by atoms with Gasteiger partial charge < -0.3 is 8.83 Å². The summed E-state index contributed by atoms with van der Waals surface area (Å²) in [5.41, 5.74) is 23.4. The van der Waals surface area contributed by atoms with Crippen LogP contribution in [0.25, 0.3) is 132 Å². The third kappa shape index (κ3) is 6.21. The van der Waals surface area contributed by atoms with Crippen molar-refractivity contribution in [3.8, 4) is 55.8 Å². The molecule has 0 unspecified atom stereocenters. The minimum absolute atomic E-state index is 0.782. The van der Waals surface area contributed by atoms with Gasteiger partial charge in [0.1, 0.15) is 22.3 Å². The zero-order valence-electron chi connectivity index (χ0n) is 38.9. The van der Waals surface area contributed by atoms with Crippen molar-refractivity contribution < 1.29 is 8.83 Å². The first kappa shape index (κ1) is 40.0. The largest absolute Gasteiger partial charge is 0.455 e. The number of aryl methyl sites for hydroxylation is 6. The van der Waals surface area contributed by atoms with Crippen LogP contribution in [0.15, 0.2) is 179 Å². The summed E-state index contributed by atoms with van der Waals surface area (Å²) in [5, 5.41) is 8.82. The van der Waals surface area contributed by atoms with Crippen molar-refractivity contribution in [2.75, 3.05) is 0 Å². The molecule has 0 amide bonds. The zero-order chi connectivity index (χ0) is 45.9. The van der Waals surface area contributed by atoms with Crippen LogP contribution >= 0.6 is 0 Å². The normalized spacial score (nSPS) is 12.0. The summed E-state index contributed by atoms with van der Waals surface area (Å²) in [6.07, 6.45) is 1.97. The Morgan fingerprint density at radius 3 is 1.28 bits per heavy atom. The third-order valence-corrected chi connectivity index (χ3v) is 14.2. The maximum atomic E-state index is 6.67. The van der Waals surface area contributed by atoms with Crippen molar-refractivity contribution in [1.29, 1.82) is 0 Å². The standard InChI is InChI=1S/C64H46N2O2/c1-35-25-37(3)59(38(4)26-35)41-21-23-48-49-24-22-42(60-39(5)27-36(2)28-40(60)6)33-55(49)62-61(54(48)32-41)65-34-56(66-62)45-30-43(46-15-11-17-52-50-13-7-9-19-57(50)67-63(46)52)29-44(31-45)47-16-12-18-53-51-14-8-10-20-58(51)68-64(47)53/h7-34H,1-6H3. The molecule has 68 heavy (non-hydrogen) atoms. The van der Waals surface area contributed by atoms with E-state index in [9.17, 15) is 0 Å². The molecule has 0 saturated heterocycles. The van der Waals surface area contributed by atoms with Crippen LogP contribution in [0.2, 0.25) is 0 Å². The minimum atomic E-state index is 0.782. The summed E-state index contributed by atoms with van der Waals surface area (Å²) in [4.78, 5) is 11.2. The average molecular weight is 875 g/mol. The fourth-order valence-electron chi connectivity index (χ4n) is 11.5. The Hall–Kier alpha value is -8.34. The van der Waals surface area contributed by atoms with Crippen LogP contribution < -0.4 is 0 Å². The third-order valence-electron chi connectivity index (χ3n) is 14.2. The highest BCUT2D eigenvalue weighted by Gasteiger charge is 2.21. The Kier molecular flexibility index (Phi) is 8.88. The molecule has 4 nitrogen and oxygen atoms in total. The molecular weight excluding hydrogens is 829 g/mol. The van der Waals surface area contributed by atoms with E-state index in [0.29, 0.717) is 0 Å². The predicted octanol–water partition coefficient (Wildman–Crippen LogP) is 17.9. The first-order valence-electron chi connectivity index (χ1n) is 23.4. The Labute approximate surface area is 394 Å². The maximum Gasteiger partial charge on any atom is 0.143 e. The van der Waals surface area contributed by atoms with E-state index < -0.39 is 0 Å². The van der Waals surface area contributed by atoms with E-state index in [-0.39, 0.29) is 0 Å². The van der Waals surface area contributed by atoms with Crippen molar-refractivity contribution >= 4 is 76.5 Å². The van der Waals surface area contributed by atoms with Gasteiger partial charge in [-0.2, -0.15) is 0 Å². The van der Waals surface area contributed by atoms with Crippen LogP contribution in [-0.4, -0.2) is 9.97 Å². The molecule has 0 aliphatic rings. The molecule has 0 aliphatic carbocycles. The van der Waals surface area contributed by atoms with Gasteiger partial charge in [0.2, 0.25) is 0 Å². The van der Waals surface area contributed by atoms with Crippen LogP contribution in [0.4, 0.5) is 0 Å². The van der Waals surface area contributed by atoms with Gasteiger partial charge in [0.05, 0.1) is 22.9 Å². The molecule has 0 aliphatic heterocycles. The topological polar surface area (TPSA) is 52.1 Å². The lowest BCUT2D eigenvalue weighted by Crippen LogP contribution is -1.96. The number of nitrogens with zero attached hydrogens (tertiary/aromatic N) is 2. The lowest BCUT2D eigenvalue weighted by Gasteiger charge is -2.17. The number of furan rings is 2. The minimum Gasteiger partial charge on any atom is -0.455 e. The highest BCUT2D eigenvalue weighted by Crippen LogP contribution is 2.44. The lowest BCUT2D eigenvalue weighted by atomic mass is 9.89. The van der Waals surface area contributed by atoms with E-state index in [4.69, 9.17) is 18.8 Å². The van der Waals surface area contributed by atoms with Crippen molar-refractivity contribution in [3.63, 3.8) is 0 Å². The molecule has 0 radical (unpaired) electrons. The quantitative estimate of drug-likeness (QED) is 0.162. The van der Waals surface area contributed by atoms with Crippen LogP contribution in [0.3, 0.4) is 0 Å². The molecular formula is C64H46N2O2. The number of para-hydroxylation sites is 4. The first-order valence-corrected chi connectivity index (χ1v) is 23.4. The van der Waals surface area contributed by atoms with E-state index >= 15 is 0 Å². The van der Waals surface area contributed by atoms with Crippen molar-refractivity contribution in [1.82, 2.24) is 9.97 Å². The summed E-state index contributed by atoms with van der Waals surface area (Å²) < 4.78 is 13.3. The highest BCUT2D eigenvalue weighted by molar-refractivity contribution is 6.24. The Morgan fingerprint density at radius 2 is 0.779 bits per heavy atom. The number of aromatic nitrogens is 2. The molecule has 0 N–H and O–H groups in total. The Bertz CT molecular complexity index is 4100. The number of hydrogen-bond acceptors (Lipinski definition) is 4. The SMILES string of the molecule is Cc1cc(C)c(-c2ccc3c4ccc(-c5c(C)cc(C)cc5C)cc4c4nc(-c5cc(-c6cccc7c6oc6ccccc67)cc(-c6cccc7c6oc6ccccc67)c5)cnc4c3c2)c(C)c1. The summed E-state index contributed by atoms with van der Waals surface area (Å²) in [6.45, 7) is 13.2. The maximum absolute atomic E-state index is 6.67. The summed E-state index contributed by atoms with van der Waals surface area (Å²) in [7, 11) is 0. The van der Waals surface area contributed by atoms with E-state index in [1.807, 2.05) is 30.5 Å². The van der Waals surface area contributed by atoms with Gasteiger partial charge in [-0.3, -0.25) is 4.98 Å². The summed E-state index contributed by atoms with van der Waals surface area (Å²) in [6, 6.07) is 59.1. The second-order valence-corrected chi connectivity index (χ2v) is 18.9. The van der Waals surface area contributed by atoms with Crippen LogP contribution in [0.5, 0.6) is 0 Å².